The summed E-state index contributed by atoms with van der Waals surface area (Å²) in [6, 6.07) is 9.82. The number of aliphatic hydroxyl groups is 1. The maximum Gasteiger partial charge on any atom is 0.0944 e. The van der Waals surface area contributed by atoms with E-state index < -0.39 is 6.10 Å². The van der Waals surface area contributed by atoms with Gasteiger partial charge >= 0.3 is 0 Å². The van der Waals surface area contributed by atoms with Crippen LogP contribution in [0.5, 0.6) is 0 Å². The van der Waals surface area contributed by atoms with Crippen LogP contribution in [-0.2, 0) is 4.74 Å². The summed E-state index contributed by atoms with van der Waals surface area (Å²) in [5, 5.41) is 17.4. The molecule has 0 aliphatic carbocycles. The van der Waals surface area contributed by atoms with Crippen molar-refractivity contribution in [2.24, 2.45) is 0 Å². The Labute approximate surface area is 112 Å². The fourth-order valence-electron chi connectivity index (χ4n) is 1.76. The van der Waals surface area contributed by atoms with E-state index in [0.29, 0.717) is 13.2 Å². The predicted octanol–water partition coefficient (Wildman–Crippen LogP) is 1.14. The fourth-order valence-corrected chi connectivity index (χ4v) is 1.76. The van der Waals surface area contributed by atoms with Crippen LogP contribution in [0.4, 0.5) is 0 Å². The molecule has 19 heavy (non-hydrogen) atoms. The second kappa shape index (κ2) is 7.04. The van der Waals surface area contributed by atoms with Gasteiger partial charge < -0.3 is 15.2 Å². The lowest BCUT2D eigenvalue weighted by Gasteiger charge is -2.09. The Kier molecular flexibility index (Phi) is 5.09. The second-order valence-corrected chi connectivity index (χ2v) is 4.27. The maximum atomic E-state index is 10.0. The number of benzene rings is 1. The number of nitrogens with zero attached hydrogens (tertiary/aromatic N) is 2. The summed E-state index contributed by atoms with van der Waals surface area (Å²) in [7, 11) is 1.65. The Morgan fingerprint density at radius 1 is 1.37 bits per heavy atom. The minimum atomic E-state index is -0.561. The van der Waals surface area contributed by atoms with Crippen molar-refractivity contribution in [3.63, 3.8) is 0 Å². The predicted molar refractivity (Wildman–Crippen MR) is 73.3 cm³/mol. The van der Waals surface area contributed by atoms with Crippen molar-refractivity contribution < 1.29 is 9.84 Å². The number of nitrogens with one attached hydrogen (secondary N) is 1. The minimum absolute atomic E-state index is 0.490. The first-order valence-corrected chi connectivity index (χ1v) is 6.29. The van der Waals surface area contributed by atoms with E-state index in [1.165, 1.54) is 0 Å². The molecular weight excluding hydrogens is 242 g/mol. The average Bonchev–Trinajstić information content (AvgIpc) is 2.94. The van der Waals surface area contributed by atoms with Crippen molar-refractivity contribution in [2.45, 2.75) is 6.10 Å². The van der Waals surface area contributed by atoms with Gasteiger partial charge in [-0.3, -0.25) is 0 Å². The standard InChI is InChI=1S/C14H19N3O2/c1-19-8-7-15-10-14(18)12-9-16-17(11-12)13-5-3-2-4-6-13/h2-6,9,11,14-15,18H,7-8,10H2,1H3. The number of ether oxygens (including phenoxy) is 1. The molecule has 0 amide bonds. The molecule has 102 valence electrons. The zero-order chi connectivity index (χ0) is 13.5. The molecule has 2 N–H and O–H groups in total. The van der Waals surface area contributed by atoms with E-state index in [0.717, 1.165) is 17.8 Å². The highest BCUT2D eigenvalue weighted by atomic mass is 16.5. The molecule has 5 heteroatoms. The molecule has 0 saturated heterocycles. The largest absolute Gasteiger partial charge is 0.387 e. The van der Waals surface area contributed by atoms with Crippen LogP contribution in [-0.4, -0.2) is 41.7 Å². The highest BCUT2D eigenvalue weighted by Gasteiger charge is 2.10. The van der Waals surface area contributed by atoms with Crippen molar-refractivity contribution in [3.05, 3.63) is 48.3 Å². The molecule has 5 nitrogen and oxygen atoms in total. The first-order chi connectivity index (χ1) is 9.31. The summed E-state index contributed by atoms with van der Waals surface area (Å²) < 4.78 is 6.69. The third-order valence-corrected chi connectivity index (χ3v) is 2.83. The number of rotatable bonds is 7. The van der Waals surface area contributed by atoms with E-state index >= 15 is 0 Å². The van der Waals surface area contributed by atoms with Crippen LogP contribution in [0.25, 0.3) is 5.69 Å². The van der Waals surface area contributed by atoms with E-state index in [9.17, 15) is 5.11 Å². The van der Waals surface area contributed by atoms with Gasteiger partial charge in [-0.25, -0.2) is 4.68 Å². The first-order valence-electron chi connectivity index (χ1n) is 6.29. The van der Waals surface area contributed by atoms with E-state index in [1.807, 2.05) is 36.5 Å². The first kappa shape index (κ1) is 13.7. The van der Waals surface area contributed by atoms with Gasteiger partial charge in [-0.05, 0) is 12.1 Å². The molecule has 0 bridgehead atoms. The molecule has 1 aromatic heterocycles. The molecule has 1 unspecified atom stereocenters. The van der Waals surface area contributed by atoms with Gasteiger partial charge in [0.05, 0.1) is 24.6 Å². The number of para-hydroxylation sites is 1. The highest BCUT2D eigenvalue weighted by molar-refractivity contribution is 5.31. The lowest BCUT2D eigenvalue weighted by molar-refractivity contribution is 0.161. The third kappa shape index (κ3) is 3.89. The molecule has 0 saturated carbocycles. The van der Waals surface area contributed by atoms with Crippen LogP contribution in [0, 0.1) is 0 Å². The van der Waals surface area contributed by atoms with E-state index in [2.05, 4.69) is 10.4 Å². The lowest BCUT2D eigenvalue weighted by atomic mass is 10.2. The summed E-state index contributed by atoms with van der Waals surface area (Å²) in [6.07, 6.45) is 2.97. The molecule has 2 rings (SSSR count). The molecule has 0 radical (unpaired) electrons. The molecular formula is C14H19N3O2. The van der Waals surface area contributed by atoms with Crippen molar-refractivity contribution in [2.75, 3.05) is 26.8 Å². The van der Waals surface area contributed by atoms with Crippen molar-refractivity contribution in [1.82, 2.24) is 15.1 Å². The second-order valence-electron chi connectivity index (χ2n) is 4.27. The molecule has 0 aliphatic rings. The molecule has 1 heterocycles. The maximum absolute atomic E-state index is 10.0. The smallest absolute Gasteiger partial charge is 0.0944 e. The van der Waals surface area contributed by atoms with Crippen molar-refractivity contribution in [3.8, 4) is 5.69 Å². The van der Waals surface area contributed by atoms with Gasteiger partial charge in [-0.1, -0.05) is 18.2 Å². The normalized spacial score (nSPS) is 12.5. The number of hydrogen-bond donors (Lipinski definition) is 2. The summed E-state index contributed by atoms with van der Waals surface area (Å²) in [5.41, 5.74) is 1.78. The summed E-state index contributed by atoms with van der Waals surface area (Å²) >= 11 is 0. The summed E-state index contributed by atoms with van der Waals surface area (Å²) in [5.74, 6) is 0. The minimum Gasteiger partial charge on any atom is -0.387 e. The van der Waals surface area contributed by atoms with Gasteiger partial charge in [-0.15, -0.1) is 0 Å². The van der Waals surface area contributed by atoms with E-state index in [4.69, 9.17) is 4.74 Å². The number of aliphatic hydroxyl groups excluding tert-OH is 1. The summed E-state index contributed by atoms with van der Waals surface area (Å²) in [4.78, 5) is 0. The molecule has 0 spiro atoms. The number of aromatic nitrogens is 2. The quantitative estimate of drug-likeness (QED) is 0.734. The lowest BCUT2D eigenvalue weighted by Crippen LogP contribution is -2.24. The zero-order valence-corrected chi connectivity index (χ0v) is 11.0. The average molecular weight is 261 g/mol. The monoisotopic (exact) mass is 261 g/mol. The van der Waals surface area contributed by atoms with Gasteiger partial charge in [0.15, 0.2) is 0 Å². The van der Waals surface area contributed by atoms with Gasteiger partial charge in [0.2, 0.25) is 0 Å². The number of hydrogen-bond acceptors (Lipinski definition) is 4. The molecule has 0 fully saturated rings. The molecule has 2 aromatic rings. The Balaban J connectivity index is 1.93. The van der Waals surface area contributed by atoms with E-state index in [1.54, 1.807) is 18.0 Å². The van der Waals surface area contributed by atoms with Crippen LogP contribution in [0.3, 0.4) is 0 Å². The SMILES string of the molecule is COCCNCC(O)c1cnn(-c2ccccc2)c1. The van der Waals surface area contributed by atoms with Crippen LogP contribution < -0.4 is 5.32 Å². The van der Waals surface area contributed by atoms with Crippen molar-refractivity contribution in [1.29, 1.82) is 0 Å². The van der Waals surface area contributed by atoms with Crippen molar-refractivity contribution >= 4 is 0 Å². The zero-order valence-electron chi connectivity index (χ0n) is 11.0. The van der Waals surface area contributed by atoms with Gasteiger partial charge in [0, 0.05) is 32.0 Å². The van der Waals surface area contributed by atoms with Gasteiger partial charge in [0.1, 0.15) is 0 Å². The van der Waals surface area contributed by atoms with Gasteiger partial charge in [-0.2, -0.15) is 5.10 Å². The van der Waals surface area contributed by atoms with Crippen LogP contribution in [0.1, 0.15) is 11.7 Å². The van der Waals surface area contributed by atoms with Crippen LogP contribution in [0.15, 0.2) is 42.7 Å². The third-order valence-electron chi connectivity index (χ3n) is 2.83. The Morgan fingerprint density at radius 3 is 2.89 bits per heavy atom. The Morgan fingerprint density at radius 2 is 2.16 bits per heavy atom. The topological polar surface area (TPSA) is 59.3 Å². The molecule has 0 aliphatic heterocycles. The van der Waals surface area contributed by atoms with Gasteiger partial charge in [0.25, 0.3) is 0 Å². The Bertz CT molecular complexity index is 484. The van der Waals surface area contributed by atoms with Crippen LogP contribution >= 0.6 is 0 Å². The number of methoxy groups -OCH3 is 1. The summed E-state index contributed by atoms with van der Waals surface area (Å²) in [6.45, 7) is 1.85. The van der Waals surface area contributed by atoms with E-state index in [-0.39, 0.29) is 0 Å². The molecule has 1 atom stereocenters. The van der Waals surface area contributed by atoms with Crippen LogP contribution in [0.2, 0.25) is 0 Å². The fraction of sp³-hybridized carbons (Fsp3) is 0.357. The highest BCUT2D eigenvalue weighted by Crippen LogP contribution is 2.13. The Hall–Kier alpha value is -1.69. The molecule has 1 aromatic carbocycles.